The van der Waals surface area contributed by atoms with Crippen molar-refractivity contribution in [3.8, 4) is 0 Å². The summed E-state index contributed by atoms with van der Waals surface area (Å²) in [7, 11) is -2.75. The van der Waals surface area contributed by atoms with Crippen molar-refractivity contribution in [2.24, 2.45) is 11.8 Å². The van der Waals surface area contributed by atoms with Gasteiger partial charge in [-0.1, -0.05) is 13.8 Å². The molecule has 0 aliphatic carbocycles. The Bertz CT molecular complexity index is 356. The van der Waals surface area contributed by atoms with Gasteiger partial charge in [0, 0.05) is 5.54 Å². The number of nitrogens with one attached hydrogen (secondary N) is 1. The molecule has 100 valence electrons. The molecule has 0 spiro atoms. The number of rotatable bonds is 3. The first-order valence-corrected chi connectivity index (χ1v) is 8.71. The molecule has 2 unspecified atom stereocenters. The van der Waals surface area contributed by atoms with Gasteiger partial charge in [-0.05, 0) is 50.5 Å². The van der Waals surface area contributed by atoms with Crippen LogP contribution >= 0.6 is 0 Å². The fraction of sp³-hybridized carbons (Fsp3) is 1.00. The molecule has 2 saturated heterocycles. The average Bonchev–Trinajstić information content (AvgIpc) is 2.66. The van der Waals surface area contributed by atoms with E-state index in [0.717, 1.165) is 25.8 Å². The van der Waals surface area contributed by atoms with Crippen LogP contribution < -0.4 is 5.32 Å². The van der Waals surface area contributed by atoms with Crippen LogP contribution in [0.1, 0.15) is 46.0 Å². The van der Waals surface area contributed by atoms with Crippen molar-refractivity contribution >= 4 is 9.84 Å². The molecule has 0 radical (unpaired) electrons. The SMILES string of the molecule is CC(C)C1(CC2CCCS(=O)(=O)C2)CCCN1. The van der Waals surface area contributed by atoms with E-state index in [1.165, 1.54) is 12.8 Å². The highest BCUT2D eigenvalue weighted by Gasteiger charge is 2.40. The lowest BCUT2D eigenvalue weighted by Crippen LogP contribution is -2.47. The Balaban J connectivity index is 2.03. The van der Waals surface area contributed by atoms with Crippen LogP contribution in [0, 0.1) is 11.8 Å². The number of hydrogen-bond acceptors (Lipinski definition) is 3. The topological polar surface area (TPSA) is 46.2 Å². The smallest absolute Gasteiger partial charge is 0.150 e. The monoisotopic (exact) mass is 259 g/mol. The van der Waals surface area contributed by atoms with Crippen molar-refractivity contribution in [3.63, 3.8) is 0 Å². The van der Waals surface area contributed by atoms with E-state index in [0.29, 0.717) is 23.3 Å². The Morgan fingerprint density at radius 1 is 1.35 bits per heavy atom. The third-order valence-electron chi connectivity index (χ3n) is 4.59. The lowest BCUT2D eigenvalue weighted by atomic mass is 9.77. The normalized spacial score (nSPS) is 37.5. The van der Waals surface area contributed by atoms with Crippen LogP contribution in [-0.2, 0) is 9.84 Å². The lowest BCUT2D eigenvalue weighted by molar-refractivity contribution is 0.211. The Labute approximate surface area is 105 Å². The van der Waals surface area contributed by atoms with Gasteiger partial charge in [0.1, 0.15) is 0 Å². The molecule has 2 rings (SSSR count). The van der Waals surface area contributed by atoms with E-state index in [9.17, 15) is 8.42 Å². The fourth-order valence-electron chi connectivity index (χ4n) is 3.53. The standard InChI is InChI=1S/C13H25NO2S/c1-11(2)13(6-4-7-14-13)9-12-5-3-8-17(15,16)10-12/h11-12,14H,3-10H2,1-2H3. The molecule has 3 nitrogen and oxygen atoms in total. The molecule has 2 aliphatic rings. The van der Waals surface area contributed by atoms with Gasteiger partial charge in [-0.15, -0.1) is 0 Å². The Morgan fingerprint density at radius 2 is 2.12 bits per heavy atom. The van der Waals surface area contributed by atoms with E-state index in [2.05, 4.69) is 19.2 Å². The van der Waals surface area contributed by atoms with Crippen LogP contribution in [0.3, 0.4) is 0 Å². The predicted octanol–water partition coefficient (Wildman–Crippen LogP) is 1.98. The molecule has 2 fully saturated rings. The molecule has 0 bridgehead atoms. The first-order valence-electron chi connectivity index (χ1n) is 6.89. The van der Waals surface area contributed by atoms with Gasteiger partial charge < -0.3 is 5.32 Å². The maximum absolute atomic E-state index is 11.7. The largest absolute Gasteiger partial charge is 0.311 e. The van der Waals surface area contributed by atoms with E-state index in [1.54, 1.807) is 0 Å². The summed E-state index contributed by atoms with van der Waals surface area (Å²) in [5.74, 6) is 1.80. The minimum absolute atomic E-state index is 0.206. The second-order valence-corrected chi connectivity index (χ2v) is 8.40. The van der Waals surface area contributed by atoms with Gasteiger partial charge in [0.05, 0.1) is 11.5 Å². The van der Waals surface area contributed by atoms with Crippen LogP contribution in [0.4, 0.5) is 0 Å². The summed E-state index contributed by atoms with van der Waals surface area (Å²) in [5, 5.41) is 3.65. The highest BCUT2D eigenvalue weighted by atomic mass is 32.2. The van der Waals surface area contributed by atoms with Crippen molar-refractivity contribution in [2.75, 3.05) is 18.1 Å². The highest BCUT2D eigenvalue weighted by Crippen LogP contribution is 2.36. The molecule has 2 heterocycles. The molecular formula is C13H25NO2S. The summed E-state index contributed by atoms with van der Waals surface area (Å²) in [6, 6.07) is 0. The Hall–Kier alpha value is -0.0900. The minimum Gasteiger partial charge on any atom is -0.311 e. The maximum Gasteiger partial charge on any atom is 0.150 e. The Morgan fingerprint density at radius 3 is 2.65 bits per heavy atom. The molecule has 4 heteroatoms. The van der Waals surface area contributed by atoms with Crippen molar-refractivity contribution in [3.05, 3.63) is 0 Å². The average molecular weight is 259 g/mol. The van der Waals surface area contributed by atoms with Crippen LogP contribution in [0.5, 0.6) is 0 Å². The fourth-order valence-corrected chi connectivity index (χ4v) is 5.30. The summed E-state index contributed by atoms with van der Waals surface area (Å²) in [5.41, 5.74) is 0.206. The van der Waals surface area contributed by atoms with Gasteiger partial charge in [0.2, 0.25) is 0 Å². The zero-order valence-corrected chi connectivity index (χ0v) is 11.9. The van der Waals surface area contributed by atoms with E-state index >= 15 is 0 Å². The molecule has 2 aliphatic heterocycles. The van der Waals surface area contributed by atoms with Crippen molar-refractivity contribution in [2.45, 2.75) is 51.5 Å². The van der Waals surface area contributed by atoms with Crippen molar-refractivity contribution in [1.29, 1.82) is 0 Å². The van der Waals surface area contributed by atoms with Crippen molar-refractivity contribution in [1.82, 2.24) is 5.32 Å². The third kappa shape index (κ3) is 3.02. The van der Waals surface area contributed by atoms with Crippen LogP contribution in [-0.4, -0.2) is 32.0 Å². The van der Waals surface area contributed by atoms with Crippen LogP contribution in [0.15, 0.2) is 0 Å². The zero-order valence-electron chi connectivity index (χ0n) is 11.0. The van der Waals surface area contributed by atoms with E-state index in [-0.39, 0.29) is 5.54 Å². The highest BCUT2D eigenvalue weighted by molar-refractivity contribution is 7.91. The molecule has 0 aromatic heterocycles. The zero-order chi connectivity index (χ0) is 12.5. The number of sulfone groups is 1. The lowest BCUT2D eigenvalue weighted by Gasteiger charge is -2.38. The third-order valence-corrected chi connectivity index (χ3v) is 6.48. The molecule has 0 saturated carbocycles. The van der Waals surface area contributed by atoms with Gasteiger partial charge >= 0.3 is 0 Å². The molecule has 0 aromatic carbocycles. The van der Waals surface area contributed by atoms with Crippen LogP contribution in [0.2, 0.25) is 0 Å². The molecule has 1 N–H and O–H groups in total. The predicted molar refractivity (Wildman–Crippen MR) is 70.8 cm³/mol. The van der Waals surface area contributed by atoms with Gasteiger partial charge in [-0.2, -0.15) is 0 Å². The summed E-state index contributed by atoms with van der Waals surface area (Å²) >= 11 is 0. The summed E-state index contributed by atoms with van der Waals surface area (Å²) in [4.78, 5) is 0. The molecule has 17 heavy (non-hydrogen) atoms. The maximum atomic E-state index is 11.7. The van der Waals surface area contributed by atoms with E-state index in [4.69, 9.17) is 0 Å². The summed E-state index contributed by atoms with van der Waals surface area (Å²) < 4.78 is 23.4. The Kier molecular flexibility index (Phi) is 3.83. The first kappa shape index (κ1) is 13.3. The quantitative estimate of drug-likeness (QED) is 0.843. The minimum atomic E-state index is -2.75. The molecule has 2 atom stereocenters. The molecule has 0 aromatic rings. The second-order valence-electron chi connectivity index (χ2n) is 6.17. The van der Waals surface area contributed by atoms with Crippen molar-refractivity contribution < 1.29 is 8.42 Å². The summed E-state index contributed by atoms with van der Waals surface area (Å²) in [6.45, 7) is 5.61. The van der Waals surface area contributed by atoms with Gasteiger partial charge in [0.25, 0.3) is 0 Å². The van der Waals surface area contributed by atoms with Gasteiger partial charge in [-0.3, -0.25) is 0 Å². The van der Waals surface area contributed by atoms with E-state index < -0.39 is 9.84 Å². The number of hydrogen-bond donors (Lipinski definition) is 1. The van der Waals surface area contributed by atoms with Gasteiger partial charge in [-0.25, -0.2) is 8.42 Å². The molecular weight excluding hydrogens is 234 g/mol. The van der Waals surface area contributed by atoms with Gasteiger partial charge in [0.15, 0.2) is 9.84 Å². The second kappa shape index (κ2) is 4.88. The summed E-state index contributed by atoms with van der Waals surface area (Å²) in [6.07, 6.45) is 5.44. The molecule has 0 amide bonds. The van der Waals surface area contributed by atoms with E-state index in [1.807, 2.05) is 0 Å². The van der Waals surface area contributed by atoms with Crippen LogP contribution in [0.25, 0.3) is 0 Å². The first-order chi connectivity index (χ1) is 7.94.